The second-order valence-electron chi connectivity index (χ2n) is 8.86. The number of allylic oxidation sites excluding steroid dienone is 4. The smallest absolute Gasteiger partial charge is 0.00911 e. The Balaban J connectivity index is 1.91. The Labute approximate surface area is 159 Å². The zero-order valence-electron chi connectivity index (χ0n) is 17.0. The molecular weight excluding hydrogens is 312 g/mol. The van der Waals surface area contributed by atoms with E-state index in [0.717, 1.165) is 6.42 Å². The summed E-state index contributed by atoms with van der Waals surface area (Å²) in [5.74, 6) is 0. The number of hydrogen-bond donors (Lipinski definition) is 0. The van der Waals surface area contributed by atoms with Crippen LogP contribution in [0.3, 0.4) is 0 Å². The van der Waals surface area contributed by atoms with E-state index in [1.54, 1.807) is 5.57 Å². The summed E-state index contributed by atoms with van der Waals surface area (Å²) < 4.78 is 0. The molecule has 0 aliphatic heterocycles. The van der Waals surface area contributed by atoms with Crippen LogP contribution in [0.1, 0.15) is 53.0 Å². The third kappa shape index (κ3) is 3.85. The van der Waals surface area contributed by atoms with Gasteiger partial charge >= 0.3 is 0 Å². The minimum atomic E-state index is 0.258. The lowest BCUT2D eigenvalue weighted by atomic mass is 9.60. The van der Waals surface area contributed by atoms with Crippen LogP contribution in [0.2, 0.25) is 0 Å². The van der Waals surface area contributed by atoms with Crippen LogP contribution in [0.4, 0.5) is 0 Å². The SMILES string of the molecule is C/C=C1\C(=C/Cc2cccc(-c3ccccc3)c2)C(C)(C)CCC1(C)C. The van der Waals surface area contributed by atoms with Gasteiger partial charge < -0.3 is 0 Å². The summed E-state index contributed by atoms with van der Waals surface area (Å²) in [7, 11) is 0. The Kier molecular flexibility index (Phi) is 5.23. The highest BCUT2D eigenvalue weighted by Gasteiger charge is 2.38. The van der Waals surface area contributed by atoms with Gasteiger partial charge in [0.15, 0.2) is 0 Å². The van der Waals surface area contributed by atoms with Crippen molar-refractivity contribution >= 4 is 0 Å². The Morgan fingerprint density at radius 3 is 2.04 bits per heavy atom. The molecule has 0 unspecified atom stereocenters. The standard InChI is InChI=1S/C26H32/c1-6-23-24(26(4,5)18-17-25(23,2)3)16-15-20-11-10-14-22(19-20)21-12-8-7-9-13-21/h6-14,16,19H,15,17-18H2,1-5H3/b23-6+,24-16+. The van der Waals surface area contributed by atoms with Gasteiger partial charge in [-0.2, -0.15) is 0 Å². The van der Waals surface area contributed by atoms with Crippen LogP contribution < -0.4 is 0 Å². The molecular formula is C26H32. The van der Waals surface area contributed by atoms with Gasteiger partial charge in [0.05, 0.1) is 0 Å². The monoisotopic (exact) mass is 344 g/mol. The first kappa shape index (κ1) is 18.7. The van der Waals surface area contributed by atoms with Crippen molar-refractivity contribution in [3.8, 4) is 11.1 Å². The molecule has 1 aliphatic carbocycles. The third-order valence-electron chi connectivity index (χ3n) is 5.99. The molecule has 0 saturated heterocycles. The molecule has 1 saturated carbocycles. The second kappa shape index (κ2) is 7.27. The van der Waals surface area contributed by atoms with Crippen molar-refractivity contribution in [1.82, 2.24) is 0 Å². The quantitative estimate of drug-likeness (QED) is 0.537. The maximum absolute atomic E-state index is 2.49. The van der Waals surface area contributed by atoms with Gasteiger partial charge in [0.25, 0.3) is 0 Å². The summed E-state index contributed by atoms with van der Waals surface area (Å²) in [6.07, 6.45) is 8.34. The van der Waals surface area contributed by atoms with Crippen molar-refractivity contribution in [2.75, 3.05) is 0 Å². The molecule has 0 heterocycles. The highest BCUT2D eigenvalue weighted by Crippen LogP contribution is 2.51. The summed E-state index contributed by atoms with van der Waals surface area (Å²) >= 11 is 0. The topological polar surface area (TPSA) is 0 Å². The average Bonchev–Trinajstić information content (AvgIpc) is 2.63. The van der Waals surface area contributed by atoms with Crippen LogP contribution in [0.15, 0.2) is 77.9 Å². The van der Waals surface area contributed by atoms with Crippen LogP contribution in [-0.2, 0) is 6.42 Å². The molecule has 136 valence electrons. The summed E-state index contributed by atoms with van der Waals surface area (Å²) in [5, 5.41) is 0. The van der Waals surface area contributed by atoms with Crippen molar-refractivity contribution in [3.05, 3.63) is 83.5 Å². The summed E-state index contributed by atoms with van der Waals surface area (Å²) in [5.41, 5.74) is 7.59. The van der Waals surface area contributed by atoms with E-state index in [4.69, 9.17) is 0 Å². The molecule has 1 fully saturated rings. The minimum Gasteiger partial charge on any atom is -0.0836 e. The van der Waals surface area contributed by atoms with Gasteiger partial charge in [-0.05, 0) is 64.9 Å². The second-order valence-corrected chi connectivity index (χ2v) is 8.86. The van der Waals surface area contributed by atoms with Crippen molar-refractivity contribution in [3.63, 3.8) is 0 Å². The van der Waals surface area contributed by atoms with E-state index in [9.17, 15) is 0 Å². The Hall–Kier alpha value is -2.08. The minimum absolute atomic E-state index is 0.258. The predicted octanol–water partition coefficient (Wildman–Crippen LogP) is 7.62. The maximum Gasteiger partial charge on any atom is -0.00911 e. The lowest BCUT2D eigenvalue weighted by Gasteiger charge is -2.44. The molecule has 0 bridgehead atoms. The van der Waals surface area contributed by atoms with E-state index >= 15 is 0 Å². The zero-order chi connectivity index (χ0) is 18.8. The molecule has 0 heteroatoms. The Morgan fingerprint density at radius 2 is 1.38 bits per heavy atom. The lowest BCUT2D eigenvalue weighted by molar-refractivity contribution is 0.259. The molecule has 0 aromatic heterocycles. The van der Waals surface area contributed by atoms with Crippen LogP contribution in [0, 0.1) is 10.8 Å². The van der Waals surface area contributed by atoms with Gasteiger partial charge in [0.2, 0.25) is 0 Å². The largest absolute Gasteiger partial charge is 0.0836 e. The fraction of sp³-hybridized carbons (Fsp3) is 0.385. The third-order valence-corrected chi connectivity index (χ3v) is 5.99. The molecule has 0 N–H and O–H groups in total. The number of benzene rings is 2. The highest BCUT2D eigenvalue weighted by molar-refractivity contribution is 5.64. The first-order valence-electron chi connectivity index (χ1n) is 9.86. The zero-order valence-corrected chi connectivity index (χ0v) is 17.0. The van der Waals surface area contributed by atoms with E-state index in [0.29, 0.717) is 0 Å². The average molecular weight is 345 g/mol. The first-order chi connectivity index (χ1) is 12.3. The van der Waals surface area contributed by atoms with Gasteiger partial charge in [-0.1, -0.05) is 94.4 Å². The van der Waals surface area contributed by atoms with E-state index in [1.165, 1.54) is 35.1 Å². The number of rotatable bonds is 3. The molecule has 2 aromatic rings. The lowest BCUT2D eigenvalue weighted by Crippen LogP contribution is -2.32. The van der Waals surface area contributed by atoms with E-state index < -0.39 is 0 Å². The molecule has 0 amide bonds. The fourth-order valence-electron chi connectivity index (χ4n) is 4.28. The molecule has 0 atom stereocenters. The molecule has 0 radical (unpaired) electrons. The van der Waals surface area contributed by atoms with Crippen LogP contribution in [-0.4, -0.2) is 0 Å². The van der Waals surface area contributed by atoms with Gasteiger partial charge in [0.1, 0.15) is 0 Å². The molecule has 26 heavy (non-hydrogen) atoms. The van der Waals surface area contributed by atoms with Gasteiger partial charge in [-0.3, -0.25) is 0 Å². The van der Waals surface area contributed by atoms with E-state index in [1.807, 2.05) is 0 Å². The molecule has 0 nitrogen and oxygen atoms in total. The highest BCUT2D eigenvalue weighted by atomic mass is 14.4. The summed E-state index contributed by atoms with van der Waals surface area (Å²) in [6, 6.07) is 19.6. The van der Waals surface area contributed by atoms with Gasteiger partial charge in [0, 0.05) is 0 Å². The Bertz CT molecular complexity index is 816. The van der Waals surface area contributed by atoms with Crippen molar-refractivity contribution in [2.24, 2.45) is 10.8 Å². The first-order valence-corrected chi connectivity index (χ1v) is 9.86. The normalized spacial score (nSPS) is 21.9. The van der Waals surface area contributed by atoms with E-state index in [-0.39, 0.29) is 10.8 Å². The van der Waals surface area contributed by atoms with Crippen LogP contribution in [0.5, 0.6) is 0 Å². The van der Waals surface area contributed by atoms with Gasteiger partial charge in [-0.25, -0.2) is 0 Å². The maximum atomic E-state index is 2.49. The molecule has 1 aliphatic rings. The number of hydrogen-bond acceptors (Lipinski definition) is 0. The van der Waals surface area contributed by atoms with Gasteiger partial charge in [-0.15, -0.1) is 0 Å². The van der Waals surface area contributed by atoms with Crippen molar-refractivity contribution in [2.45, 2.75) is 53.9 Å². The fourth-order valence-corrected chi connectivity index (χ4v) is 4.28. The predicted molar refractivity (Wildman–Crippen MR) is 114 cm³/mol. The van der Waals surface area contributed by atoms with Crippen molar-refractivity contribution in [1.29, 1.82) is 0 Å². The molecule has 3 rings (SSSR count). The molecule has 0 spiro atoms. The summed E-state index contributed by atoms with van der Waals surface area (Å²) in [6.45, 7) is 11.8. The van der Waals surface area contributed by atoms with Crippen LogP contribution >= 0.6 is 0 Å². The summed E-state index contributed by atoms with van der Waals surface area (Å²) in [4.78, 5) is 0. The molecule has 2 aromatic carbocycles. The van der Waals surface area contributed by atoms with Crippen molar-refractivity contribution < 1.29 is 0 Å². The van der Waals surface area contributed by atoms with E-state index in [2.05, 4.69) is 101 Å². The Morgan fingerprint density at radius 1 is 0.769 bits per heavy atom. The van der Waals surface area contributed by atoms with Crippen LogP contribution in [0.25, 0.3) is 11.1 Å².